The number of halogens is 1. The predicted molar refractivity (Wildman–Crippen MR) is 97.9 cm³/mol. The summed E-state index contributed by atoms with van der Waals surface area (Å²) in [6.45, 7) is 1.24. The molecule has 0 spiro atoms. The number of likely N-dealkylation sites (tertiary alicyclic amines) is 1. The zero-order valence-corrected chi connectivity index (χ0v) is 15.2. The fourth-order valence-electron chi connectivity index (χ4n) is 3.38. The highest BCUT2D eigenvalue weighted by molar-refractivity contribution is 6.31. The summed E-state index contributed by atoms with van der Waals surface area (Å²) in [7, 11) is 1.84. The first-order valence-electron chi connectivity index (χ1n) is 8.64. The molecule has 3 aromatic rings. The summed E-state index contributed by atoms with van der Waals surface area (Å²) in [6.07, 6.45) is 4.01. The van der Waals surface area contributed by atoms with E-state index in [9.17, 15) is 4.79 Å². The van der Waals surface area contributed by atoms with Crippen LogP contribution in [0.4, 0.5) is 4.79 Å². The van der Waals surface area contributed by atoms with Gasteiger partial charge in [0.05, 0.1) is 17.1 Å². The van der Waals surface area contributed by atoms with E-state index in [0.717, 1.165) is 42.1 Å². The van der Waals surface area contributed by atoms with Crippen molar-refractivity contribution in [3.63, 3.8) is 0 Å². The molecule has 0 radical (unpaired) electrons. The zero-order valence-electron chi connectivity index (χ0n) is 14.4. The number of fused-ring (bicyclic) bond motifs is 1. The topological polar surface area (TPSA) is 91.7 Å². The lowest BCUT2D eigenvalue weighted by atomic mass is 10.2. The third-order valence-electron chi connectivity index (χ3n) is 4.72. The number of hydrogen-bond donors (Lipinski definition) is 2. The van der Waals surface area contributed by atoms with Crippen molar-refractivity contribution < 1.29 is 4.79 Å². The van der Waals surface area contributed by atoms with Gasteiger partial charge in [-0.2, -0.15) is 5.10 Å². The molecule has 26 heavy (non-hydrogen) atoms. The Morgan fingerprint density at radius 1 is 1.46 bits per heavy atom. The number of carbonyl (C=O) groups is 1. The maximum atomic E-state index is 12.6. The van der Waals surface area contributed by atoms with Crippen molar-refractivity contribution in [3.05, 3.63) is 41.2 Å². The number of benzene rings is 1. The minimum absolute atomic E-state index is 0.0454. The minimum Gasteiger partial charge on any atom is -0.340 e. The number of rotatable bonds is 4. The normalized spacial score (nSPS) is 17.2. The van der Waals surface area contributed by atoms with Crippen LogP contribution >= 0.6 is 11.6 Å². The maximum Gasteiger partial charge on any atom is 0.318 e. The summed E-state index contributed by atoms with van der Waals surface area (Å²) in [6, 6.07) is 5.44. The monoisotopic (exact) mass is 373 g/mol. The van der Waals surface area contributed by atoms with Gasteiger partial charge in [0.1, 0.15) is 18.0 Å². The van der Waals surface area contributed by atoms with E-state index in [1.54, 1.807) is 4.68 Å². The molecule has 9 heteroatoms. The lowest BCUT2D eigenvalue weighted by Gasteiger charge is -2.23. The second-order valence-corrected chi connectivity index (χ2v) is 6.85. The Bertz CT molecular complexity index is 934. The molecule has 3 heterocycles. The predicted octanol–water partition coefficient (Wildman–Crippen LogP) is 2.43. The molecule has 1 saturated heterocycles. The van der Waals surface area contributed by atoms with Gasteiger partial charge in [-0.25, -0.2) is 14.8 Å². The molecule has 136 valence electrons. The quantitative estimate of drug-likeness (QED) is 0.734. The first-order chi connectivity index (χ1) is 12.6. The highest BCUT2D eigenvalue weighted by atomic mass is 35.5. The summed E-state index contributed by atoms with van der Waals surface area (Å²) >= 11 is 6.04. The van der Waals surface area contributed by atoms with E-state index in [0.29, 0.717) is 18.0 Å². The molecular weight excluding hydrogens is 354 g/mol. The smallest absolute Gasteiger partial charge is 0.318 e. The average Bonchev–Trinajstić information content (AvgIpc) is 3.33. The van der Waals surface area contributed by atoms with Crippen molar-refractivity contribution in [2.45, 2.75) is 25.3 Å². The van der Waals surface area contributed by atoms with Crippen molar-refractivity contribution in [3.8, 4) is 0 Å². The number of aryl methyl sites for hydroxylation is 1. The SMILES string of the molecule is Cn1ncnc1CCNC(=O)N1CCCC1c1nc2ccc(Cl)cc2[nH]1. The number of aromatic nitrogens is 5. The van der Waals surface area contributed by atoms with Crippen LogP contribution in [0, 0.1) is 0 Å². The van der Waals surface area contributed by atoms with Crippen molar-refractivity contribution >= 4 is 28.7 Å². The van der Waals surface area contributed by atoms with Gasteiger partial charge in [0.2, 0.25) is 0 Å². The van der Waals surface area contributed by atoms with E-state index in [1.807, 2.05) is 30.1 Å². The van der Waals surface area contributed by atoms with Gasteiger partial charge >= 0.3 is 6.03 Å². The van der Waals surface area contributed by atoms with Crippen LogP contribution in [-0.4, -0.2) is 48.8 Å². The summed E-state index contributed by atoms with van der Waals surface area (Å²) in [4.78, 5) is 26.6. The van der Waals surface area contributed by atoms with Gasteiger partial charge in [0.25, 0.3) is 0 Å². The number of nitrogens with one attached hydrogen (secondary N) is 2. The number of amides is 2. The van der Waals surface area contributed by atoms with Crippen LogP contribution in [0.15, 0.2) is 24.5 Å². The molecular formula is C17H20ClN7O. The van der Waals surface area contributed by atoms with Crippen molar-refractivity contribution in [2.75, 3.05) is 13.1 Å². The molecule has 1 unspecified atom stereocenters. The third-order valence-corrected chi connectivity index (χ3v) is 4.96. The first kappa shape index (κ1) is 16.8. The van der Waals surface area contributed by atoms with Gasteiger partial charge in [-0.1, -0.05) is 11.6 Å². The standard InChI is InChI=1S/C17H20ClN7O/c1-24-15(20-10-21-24)6-7-19-17(26)25-8-2-3-14(25)16-22-12-5-4-11(18)9-13(12)23-16/h4-5,9-10,14H,2-3,6-8H2,1H3,(H,19,26)(H,22,23). The van der Waals surface area contributed by atoms with Crippen LogP contribution in [0.5, 0.6) is 0 Å². The Labute approximate surface area is 155 Å². The lowest BCUT2D eigenvalue weighted by Crippen LogP contribution is -2.40. The number of urea groups is 1. The number of imidazole rings is 1. The molecule has 2 N–H and O–H groups in total. The highest BCUT2D eigenvalue weighted by Crippen LogP contribution is 2.31. The molecule has 1 atom stereocenters. The second-order valence-electron chi connectivity index (χ2n) is 6.42. The molecule has 0 saturated carbocycles. The van der Waals surface area contributed by atoms with Gasteiger partial charge < -0.3 is 15.2 Å². The summed E-state index contributed by atoms with van der Waals surface area (Å²) in [5.74, 6) is 1.65. The van der Waals surface area contributed by atoms with E-state index in [-0.39, 0.29) is 12.1 Å². The van der Waals surface area contributed by atoms with Gasteiger partial charge in [-0.15, -0.1) is 0 Å². The van der Waals surface area contributed by atoms with Gasteiger partial charge in [0.15, 0.2) is 0 Å². The Balaban J connectivity index is 1.43. The molecule has 8 nitrogen and oxygen atoms in total. The van der Waals surface area contributed by atoms with E-state index in [4.69, 9.17) is 11.6 Å². The molecule has 1 fully saturated rings. The average molecular weight is 374 g/mol. The van der Waals surface area contributed by atoms with Crippen LogP contribution in [-0.2, 0) is 13.5 Å². The molecule has 2 amide bonds. The lowest BCUT2D eigenvalue weighted by molar-refractivity contribution is 0.191. The Hall–Kier alpha value is -2.61. The number of carbonyl (C=O) groups excluding carboxylic acids is 1. The van der Waals surface area contributed by atoms with E-state index in [2.05, 4.69) is 25.4 Å². The second kappa shape index (κ2) is 6.95. The Morgan fingerprint density at radius 3 is 3.15 bits per heavy atom. The fraction of sp³-hybridized carbons (Fsp3) is 0.412. The van der Waals surface area contributed by atoms with Gasteiger partial charge in [-0.05, 0) is 31.0 Å². The molecule has 4 rings (SSSR count). The van der Waals surface area contributed by atoms with Crippen LogP contribution < -0.4 is 5.32 Å². The van der Waals surface area contributed by atoms with Crippen LogP contribution in [0.2, 0.25) is 5.02 Å². The van der Waals surface area contributed by atoms with Gasteiger partial charge in [0, 0.05) is 31.6 Å². The summed E-state index contributed by atoms with van der Waals surface area (Å²) in [5, 5.41) is 7.67. The molecule has 1 aliphatic rings. The maximum absolute atomic E-state index is 12.6. The van der Waals surface area contributed by atoms with Crippen molar-refractivity contribution in [1.82, 2.24) is 34.9 Å². The summed E-state index contributed by atoms with van der Waals surface area (Å²) < 4.78 is 1.71. The molecule has 1 aliphatic heterocycles. The third kappa shape index (κ3) is 3.24. The Kier molecular flexibility index (Phi) is 4.50. The number of nitrogens with zero attached hydrogens (tertiary/aromatic N) is 5. The molecule has 0 aliphatic carbocycles. The molecule has 0 bridgehead atoms. The number of aromatic amines is 1. The number of H-pyrrole nitrogens is 1. The van der Waals surface area contributed by atoms with Crippen LogP contribution in [0.3, 0.4) is 0 Å². The number of hydrogen-bond acceptors (Lipinski definition) is 4. The van der Waals surface area contributed by atoms with E-state index in [1.165, 1.54) is 6.33 Å². The minimum atomic E-state index is -0.0758. The van der Waals surface area contributed by atoms with E-state index >= 15 is 0 Å². The van der Waals surface area contributed by atoms with Crippen molar-refractivity contribution in [1.29, 1.82) is 0 Å². The first-order valence-corrected chi connectivity index (χ1v) is 9.02. The zero-order chi connectivity index (χ0) is 18.1. The summed E-state index contributed by atoms with van der Waals surface area (Å²) in [5.41, 5.74) is 1.75. The molecule has 1 aromatic carbocycles. The van der Waals surface area contributed by atoms with Crippen LogP contribution in [0.1, 0.15) is 30.5 Å². The van der Waals surface area contributed by atoms with E-state index < -0.39 is 0 Å². The largest absolute Gasteiger partial charge is 0.340 e. The highest BCUT2D eigenvalue weighted by Gasteiger charge is 2.32. The Morgan fingerprint density at radius 2 is 2.35 bits per heavy atom. The fourth-order valence-corrected chi connectivity index (χ4v) is 3.55. The molecule has 2 aromatic heterocycles. The van der Waals surface area contributed by atoms with Crippen molar-refractivity contribution in [2.24, 2.45) is 7.05 Å². The van der Waals surface area contributed by atoms with Gasteiger partial charge in [-0.3, -0.25) is 4.68 Å². The van der Waals surface area contributed by atoms with Crippen LogP contribution in [0.25, 0.3) is 11.0 Å².